The van der Waals surface area contributed by atoms with Gasteiger partial charge in [-0.05, 0) is 43.4 Å². The maximum absolute atomic E-state index is 7.67. The minimum atomic E-state index is 0.165. The fourth-order valence-corrected chi connectivity index (χ4v) is 2.54. The summed E-state index contributed by atoms with van der Waals surface area (Å²) >= 11 is 0. The summed E-state index contributed by atoms with van der Waals surface area (Å²) in [6, 6.07) is 6.13. The third-order valence-electron chi connectivity index (χ3n) is 3.44. The molecule has 1 aliphatic heterocycles. The summed E-state index contributed by atoms with van der Waals surface area (Å²) in [5.74, 6) is 0.891. The lowest BCUT2D eigenvalue weighted by Crippen LogP contribution is -2.35. The van der Waals surface area contributed by atoms with Gasteiger partial charge in [-0.2, -0.15) is 0 Å². The Morgan fingerprint density at radius 2 is 2.24 bits per heavy atom. The van der Waals surface area contributed by atoms with Crippen molar-refractivity contribution in [2.75, 3.05) is 18.0 Å². The highest BCUT2D eigenvalue weighted by atomic mass is 15.1. The van der Waals surface area contributed by atoms with Crippen molar-refractivity contribution in [2.24, 2.45) is 11.7 Å². The van der Waals surface area contributed by atoms with E-state index in [1.54, 1.807) is 0 Å². The highest BCUT2D eigenvalue weighted by Gasteiger charge is 2.19. The van der Waals surface area contributed by atoms with Crippen LogP contribution in [0.1, 0.15) is 30.9 Å². The minimum Gasteiger partial charge on any atom is -0.384 e. The number of benzene rings is 1. The number of nitrogens with zero attached hydrogens (tertiary/aromatic N) is 1. The number of nitrogens with one attached hydrogen (secondary N) is 1. The maximum Gasteiger partial charge on any atom is 0.124 e. The molecule has 2 rings (SSSR count). The predicted molar refractivity (Wildman–Crippen MR) is 72.8 cm³/mol. The van der Waals surface area contributed by atoms with Gasteiger partial charge in [0, 0.05) is 24.3 Å². The number of nitrogen functional groups attached to an aromatic ring is 1. The van der Waals surface area contributed by atoms with Gasteiger partial charge in [0.1, 0.15) is 5.84 Å². The topological polar surface area (TPSA) is 53.1 Å². The Labute approximate surface area is 103 Å². The fourth-order valence-electron chi connectivity index (χ4n) is 2.54. The largest absolute Gasteiger partial charge is 0.384 e. The molecule has 3 heteroatoms. The average Bonchev–Trinajstić information content (AvgIpc) is 2.28. The van der Waals surface area contributed by atoms with Crippen molar-refractivity contribution in [3.8, 4) is 0 Å². The van der Waals surface area contributed by atoms with E-state index in [1.807, 2.05) is 12.1 Å². The summed E-state index contributed by atoms with van der Waals surface area (Å²) in [6.07, 6.45) is 2.53. The second kappa shape index (κ2) is 4.78. The Hall–Kier alpha value is -1.51. The normalized spacial score (nSPS) is 20.4. The molecule has 1 aromatic rings. The molecule has 0 radical (unpaired) electrons. The van der Waals surface area contributed by atoms with Gasteiger partial charge in [-0.25, -0.2) is 0 Å². The van der Waals surface area contributed by atoms with Crippen LogP contribution in [0, 0.1) is 18.3 Å². The summed E-state index contributed by atoms with van der Waals surface area (Å²) in [6.45, 7) is 6.52. The van der Waals surface area contributed by atoms with Crippen LogP contribution in [0.2, 0.25) is 0 Å². The van der Waals surface area contributed by atoms with E-state index in [2.05, 4.69) is 24.8 Å². The first-order chi connectivity index (χ1) is 8.08. The van der Waals surface area contributed by atoms with Crippen LogP contribution in [0.15, 0.2) is 18.2 Å². The van der Waals surface area contributed by atoms with Gasteiger partial charge >= 0.3 is 0 Å². The number of aryl methyl sites for hydroxylation is 1. The quantitative estimate of drug-likeness (QED) is 0.607. The summed E-state index contributed by atoms with van der Waals surface area (Å²) in [5, 5.41) is 7.67. The molecule has 92 valence electrons. The number of piperidine rings is 1. The first kappa shape index (κ1) is 12.0. The fraction of sp³-hybridized carbons (Fsp3) is 0.500. The van der Waals surface area contributed by atoms with Crippen molar-refractivity contribution in [1.82, 2.24) is 0 Å². The number of rotatable bonds is 2. The van der Waals surface area contributed by atoms with Crippen LogP contribution >= 0.6 is 0 Å². The van der Waals surface area contributed by atoms with Gasteiger partial charge in [0.05, 0.1) is 0 Å². The molecule has 1 aromatic carbocycles. The zero-order valence-electron chi connectivity index (χ0n) is 10.7. The Kier molecular flexibility index (Phi) is 3.36. The molecule has 0 bridgehead atoms. The smallest absolute Gasteiger partial charge is 0.124 e. The molecule has 17 heavy (non-hydrogen) atoms. The number of nitrogens with two attached hydrogens (primary N) is 1. The van der Waals surface area contributed by atoms with Gasteiger partial charge in [0.15, 0.2) is 0 Å². The number of hydrogen-bond acceptors (Lipinski definition) is 2. The van der Waals surface area contributed by atoms with Gasteiger partial charge in [-0.15, -0.1) is 0 Å². The lowest BCUT2D eigenvalue weighted by atomic mass is 9.98. The lowest BCUT2D eigenvalue weighted by molar-refractivity contribution is 0.446. The van der Waals surface area contributed by atoms with Crippen molar-refractivity contribution in [3.63, 3.8) is 0 Å². The van der Waals surface area contributed by atoms with Crippen molar-refractivity contribution in [2.45, 2.75) is 26.7 Å². The molecule has 0 spiro atoms. The highest BCUT2D eigenvalue weighted by molar-refractivity contribution is 6.00. The van der Waals surface area contributed by atoms with Crippen LogP contribution in [0.5, 0.6) is 0 Å². The first-order valence-corrected chi connectivity index (χ1v) is 6.28. The Morgan fingerprint density at radius 3 is 2.88 bits per heavy atom. The molecule has 1 atom stereocenters. The van der Waals surface area contributed by atoms with Gasteiger partial charge in [-0.3, -0.25) is 5.41 Å². The summed E-state index contributed by atoms with van der Waals surface area (Å²) in [4.78, 5) is 2.37. The standard InChI is InChI=1S/C14H21N3/c1-10-5-6-12(14(15)16)13(8-10)17-7-3-4-11(2)9-17/h5-6,8,11H,3-4,7,9H2,1-2H3,(H3,15,16). The van der Waals surface area contributed by atoms with Crippen molar-refractivity contribution in [1.29, 1.82) is 5.41 Å². The highest BCUT2D eigenvalue weighted by Crippen LogP contribution is 2.27. The molecule has 0 amide bonds. The van der Waals surface area contributed by atoms with Crippen LogP contribution in [-0.2, 0) is 0 Å². The van der Waals surface area contributed by atoms with Crippen molar-refractivity contribution >= 4 is 11.5 Å². The second-order valence-corrected chi connectivity index (χ2v) is 5.13. The van der Waals surface area contributed by atoms with E-state index in [1.165, 1.54) is 18.4 Å². The van der Waals surface area contributed by atoms with Crippen LogP contribution in [0.3, 0.4) is 0 Å². The number of hydrogen-bond donors (Lipinski definition) is 2. The van der Waals surface area contributed by atoms with E-state index >= 15 is 0 Å². The summed E-state index contributed by atoms with van der Waals surface area (Å²) in [5.41, 5.74) is 8.88. The van der Waals surface area contributed by atoms with Gasteiger partial charge in [-0.1, -0.05) is 13.0 Å². The van der Waals surface area contributed by atoms with Crippen molar-refractivity contribution in [3.05, 3.63) is 29.3 Å². The first-order valence-electron chi connectivity index (χ1n) is 6.28. The molecule has 0 aromatic heterocycles. The van der Waals surface area contributed by atoms with E-state index in [-0.39, 0.29) is 5.84 Å². The van der Waals surface area contributed by atoms with E-state index in [0.717, 1.165) is 30.3 Å². The summed E-state index contributed by atoms with van der Waals surface area (Å²) in [7, 11) is 0. The van der Waals surface area contributed by atoms with Crippen LogP contribution < -0.4 is 10.6 Å². The molecule has 0 aliphatic carbocycles. The molecule has 3 N–H and O–H groups in total. The van der Waals surface area contributed by atoms with Gasteiger partial charge < -0.3 is 10.6 Å². The van der Waals surface area contributed by atoms with Crippen molar-refractivity contribution < 1.29 is 0 Å². The lowest BCUT2D eigenvalue weighted by Gasteiger charge is -2.34. The molecule has 1 heterocycles. The SMILES string of the molecule is Cc1ccc(C(=N)N)c(N2CCCC(C)C2)c1. The minimum absolute atomic E-state index is 0.165. The Bertz CT molecular complexity index is 425. The molecular formula is C14H21N3. The molecule has 1 aliphatic rings. The van der Waals surface area contributed by atoms with Crippen LogP contribution in [-0.4, -0.2) is 18.9 Å². The third-order valence-corrected chi connectivity index (χ3v) is 3.44. The molecule has 1 fully saturated rings. The van der Waals surface area contributed by atoms with Gasteiger partial charge in [0.2, 0.25) is 0 Å². The van der Waals surface area contributed by atoms with Gasteiger partial charge in [0.25, 0.3) is 0 Å². The second-order valence-electron chi connectivity index (χ2n) is 5.13. The van der Waals surface area contributed by atoms with E-state index in [0.29, 0.717) is 0 Å². The Morgan fingerprint density at radius 1 is 1.47 bits per heavy atom. The van der Waals surface area contributed by atoms with Crippen LogP contribution in [0.25, 0.3) is 0 Å². The predicted octanol–water partition coefficient (Wildman–Crippen LogP) is 2.52. The number of amidine groups is 1. The average molecular weight is 231 g/mol. The molecular weight excluding hydrogens is 210 g/mol. The zero-order chi connectivity index (χ0) is 12.4. The molecule has 0 saturated carbocycles. The monoisotopic (exact) mass is 231 g/mol. The molecule has 1 unspecified atom stereocenters. The Balaban J connectivity index is 2.35. The summed E-state index contributed by atoms with van der Waals surface area (Å²) < 4.78 is 0. The molecule has 3 nitrogen and oxygen atoms in total. The number of anilines is 1. The van der Waals surface area contributed by atoms with Crippen LogP contribution in [0.4, 0.5) is 5.69 Å². The van der Waals surface area contributed by atoms with E-state index in [9.17, 15) is 0 Å². The van der Waals surface area contributed by atoms with E-state index < -0.39 is 0 Å². The van der Waals surface area contributed by atoms with E-state index in [4.69, 9.17) is 11.1 Å². The third kappa shape index (κ3) is 2.60. The molecule has 1 saturated heterocycles. The zero-order valence-corrected chi connectivity index (χ0v) is 10.7. The maximum atomic E-state index is 7.67.